The van der Waals surface area contributed by atoms with E-state index in [1.807, 2.05) is 0 Å². The molecule has 19 heavy (non-hydrogen) atoms. The number of hydrogen-bond donors (Lipinski definition) is 1. The average Bonchev–Trinajstić information content (AvgIpc) is 3.23. The lowest BCUT2D eigenvalue weighted by atomic mass is 9.78. The van der Waals surface area contributed by atoms with Gasteiger partial charge >= 0.3 is 0 Å². The van der Waals surface area contributed by atoms with Crippen LogP contribution in [0.2, 0.25) is 0 Å². The van der Waals surface area contributed by atoms with Crippen molar-refractivity contribution >= 4 is 5.82 Å². The lowest BCUT2D eigenvalue weighted by Gasteiger charge is -2.39. The van der Waals surface area contributed by atoms with Crippen LogP contribution in [0.3, 0.4) is 0 Å². The quantitative estimate of drug-likeness (QED) is 0.910. The van der Waals surface area contributed by atoms with Crippen molar-refractivity contribution in [3.63, 3.8) is 0 Å². The maximum absolute atomic E-state index is 11.7. The van der Waals surface area contributed by atoms with Gasteiger partial charge in [0.15, 0.2) is 0 Å². The molecule has 1 saturated heterocycles. The summed E-state index contributed by atoms with van der Waals surface area (Å²) >= 11 is 0. The predicted octanol–water partition coefficient (Wildman–Crippen LogP) is 2.66. The average molecular weight is 261 g/mol. The Labute approximate surface area is 114 Å². The third-order valence-electron chi connectivity index (χ3n) is 4.86. The summed E-state index contributed by atoms with van der Waals surface area (Å²) in [5.41, 5.74) is 0.465. The molecule has 1 aromatic heterocycles. The molecule has 2 fully saturated rings. The molecule has 1 aliphatic heterocycles. The Kier molecular flexibility index (Phi) is 3.11. The van der Waals surface area contributed by atoms with E-state index in [0.29, 0.717) is 11.3 Å². The molecule has 104 valence electrons. The standard InChI is InChI=1S/C15H23N3O/c1-3-15(2)6-8-18(9-7-15)12-10-13(19)17-14(16-12)11-4-5-11/h10-11H,3-9H2,1-2H3,(H,16,17,19). The lowest BCUT2D eigenvalue weighted by molar-refractivity contribution is 0.237. The molecule has 2 aliphatic rings. The summed E-state index contributed by atoms with van der Waals surface area (Å²) < 4.78 is 0. The minimum atomic E-state index is -0.00396. The number of anilines is 1. The third kappa shape index (κ3) is 2.67. The molecule has 4 nitrogen and oxygen atoms in total. The predicted molar refractivity (Wildman–Crippen MR) is 76.7 cm³/mol. The van der Waals surface area contributed by atoms with E-state index >= 15 is 0 Å². The summed E-state index contributed by atoms with van der Waals surface area (Å²) in [6, 6.07) is 1.65. The van der Waals surface area contributed by atoms with Crippen molar-refractivity contribution in [2.75, 3.05) is 18.0 Å². The Morgan fingerprint density at radius 1 is 1.42 bits per heavy atom. The number of aromatic nitrogens is 2. The number of nitrogens with zero attached hydrogens (tertiary/aromatic N) is 2. The smallest absolute Gasteiger partial charge is 0.252 e. The van der Waals surface area contributed by atoms with Gasteiger partial charge in [0.1, 0.15) is 11.6 Å². The molecule has 0 bridgehead atoms. The van der Waals surface area contributed by atoms with Gasteiger partial charge in [-0.1, -0.05) is 20.3 Å². The van der Waals surface area contributed by atoms with Gasteiger partial charge in [-0.3, -0.25) is 4.79 Å². The second-order valence-electron chi connectivity index (χ2n) is 6.41. The number of piperidine rings is 1. The van der Waals surface area contributed by atoms with Crippen molar-refractivity contribution in [2.24, 2.45) is 5.41 Å². The first-order valence-electron chi connectivity index (χ1n) is 7.46. The summed E-state index contributed by atoms with van der Waals surface area (Å²) in [5.74, 6) is 2.27. The molecule has 0 unspecified atom stereocenters. The highest BCUT2D eigenvalue weighted by molar-refractivity contribution is 5.38. The molecule has 1 aliphatic carbocycles. The highest BCUT2D eigenvalue weighted by Gasteiger charge is 2.30. The van der Waals surface area contributed by atoms with Gasteiger partial charge in [0.25, 0.3) is 5.56 Å². The normalized spacial score (nSPS) is 22.5. The molecule has 2 heterocycles. The summed E-state index contributed by atoms with van der Waals surface area (Å²) in [6.07, 6.45) is 5.95. The van der Waals surface area contributed by atoms with E-state index in [4.69, 9.17) is 0 Å². The summed E-state index contributed by atoms with van der Waals surface area (Å²) in [7, 11) is 0. The topological polar surface area (TPSA) is 49.0 Å². The Morgan fingerprint density at radius 2 is 2.11 bits per heavy atom. The molecule has 0 atom stereocenters. The van der Waals surface area contributed by atoms with Crippen LogP contribution in [0.4, 0.5) is 5.82 Å². The van der Waals surface area contributed by atoms with E-state index in [1.54, 1.807) is 6.07 Å². The van der Waals surface area contributed by atoms with Crippen molar-refractivity contribution in [1.29, 1.82) is 0 Å². The van der Waals surface area contributed by atoms with E-state index in [1.165, 1.54) is 32.1 Å². The Balaban J connectivity index is 1.78. The first kappa shape index (κ1) is 12.7. The summed E-state index contributed by atoms with van der Waals surface area (Å²) in [6.45, 7) is 6.67. The van der Waals surface area contributed by atoms with E-state index in [-0.39, 0.29) is 5.56 Å². The fraction of sp³-hybridized carbons (Fsp3) is 0.733. The van der Waals surface area contributed by atoms with Crippen LogP contribution >= 0.6 is 0 Å². The van der Waals surface area contributed by atoms with Crippen LogP contribution in [0.15, 0.2) is 10.9 Å². The lowest BCUT2D eigenvalue weighted by Crippen LogP contribution is -2.39. The number of rotatable bonds is 3. The minimum Gasteiger partial charge on any atom is -0.356 e. The first-order chi connectivity index (χ1) is 9.09. The van der Waals surface area contributed by atoms with Gasteiger partial charge in [-0.15, -0.1) is 0 Å². The highest BCUT2D eigenvalue weighted by atomic mass is 16.1. The molecule has 3 rings (SSSR count). The van der Waals surface area contributed by atoms with E-state index in [9.17, 15) is 4.79 Å². The largest absolute Gasteiger partial charge is 0.356 e. The zero-order chi connectivity index (χ0) is 13.5. The fourth-order valence-electron chi connectivity index (χ4n) is 2.80. The highest BCUT2D eigenvalue weighted by Crippen LogP contribution is 2.39. The van der Waals surface area contributed by atoms with Crippen molar-refractivity contribution in [2.45, 2.75) is 51.9 Å². The van der Waals surface area contributed by atoms with Crippen LogP contribution in [-0.2, 0) is 0 Å². The monoisotopic (exact) mass is 261 g/mol. The van der Waals surface area contributed by atoms with Crippen molar-refractivity contribution < 1.29 is 0 Å². The van der Waals surface area contributed by atoms with Gasteiger partial charge < -0.3 is 9.88 Å². The maximum Gasteiger partial charge on any atom is 0.252 e. The third-order valence-corrected chi connectivity index (χ3v) is 4.86. The molecule has 1 aromatic rings. The molecule has 0 radical (unpaired) electrons. The van der Waals surface area contributed by atoms with Crippen LogP contribution in [0.25, 0.3) is 0 Å². The zero-order valence-electron chi connectivity index (χ0n) is 11.9. The van der Waals surface area contributed by atoms with Gasteiger partial charge in [-0.05, 0) is 31.1 Å². The van der Waals surface area contributed by atoms with Crippen LogP contribution in [-0.4, -0.2) is 23.1 Å². The van der Waals surface area contributed by atoms with Crippen LogP contribution < -0.4 is 10.5 Å². The van der Waals surface area contributed by atoms with Crippen LogP contribution in [0.1, 0.15) is 57.7 Å². The minimum absolute atomic E-state index is 0.00396. The number of hydrogen-bond acceptors (Lipinski definition) is 3. The van der Waals surface area contributed by atoms with E-state index in [0.717, 1.165) is 24.7 Å². The molecule has 0 spiro atoms. The number of H-pyrrole nitrogens is 1. The molecule has 1 N–H and O–H groups in total. The summed E-state index contributed by atoms with van der Waals surface area (Å²) in [4.78, 5) is 21.6. The molecular formula is C15H23N3O. The Hall–Kier alpha value is -1.32. The van der Waals surface area contributed by atoms with Gasteiger partial charge in [-0.25, -0.2) is 4.98 Å². The molecule has 4 heteroatoms. The van der Waals surface area contributed by atoms with Crippen molar-refractivity contribution in [3.05, 3.63) is 22.2 Å². The number of aromatic amines is 1. The Morgan fingerprint density at radius 3 is 2.68 bits per heavy atom. The van der Waals surface area contributed by atoms with Crippen molar-refractivity contribution in [1.82, 2.24) is 9.97 Å². The van der Waals surface area contributed by atoms with Gasteiger partial charge in [0, 0.05) is 25.1 Å². The van der Waals surface area contributed by atoms with Crippen LogP contribution in [0.5, 0.6) is 0 Å². The number of nitrogens with one attached hydrogen (secondary N) is 1. The SMILES string of the molecule is CCC1(C)CCN(c2cc(=O)[nH]c(C3CC3)n2)CC1. The van der Waals surface area contributed by atoms with Gasteiger partial charge in [0.2, 0.25) is 0 Å². The molecular weight excluding hydrogens is 238 g/mol. The van der Waals surface area contributed by atoms with E-state index in [2.05, 4.69) is 28.7 Å². The first-order valence-corrected chi connectivity index (χ1v) is 7.46. The van der Waals surface area contributed by atoms with E-state index < -0.39 is 0 Å². The zero-order valence-corrected chi connectivity index (χ0v) is 11.9. The van der Waals surface area contributed by atoms with Gasteiger partial charge in [-0.2, -0.15) is 0 Å². The van der Waals surface area contributed by atoms with Crippen molar-refractivity contribution in [3.8, 4) is 0 Å². The molecule has 1 saturated carbocycles. The second kappa shape index (κ2) is 4.66. The van der Waals surface area contributed by atoms with Gasteiger partial charge in [0.05, 0.1) is 0 Å². The van der Waals surface area contributed by atoms with Crippen LogP contribution in [0, 0.1) is 5.41 Å². The maximum atomic E-state index is 11.7. The Bertz CT molecular complexity index is 510. The second-order valence-corrected chi connectivity index (χ2v) is 6.41. The molecule has 0 aromatic carbocycles. The molecule has 0 amide bonds. The summed E-state index contributed by atoms with van der Waals surface area (Å²) in [5, 5.41) is 0. The fourth-order valence-corrected chi connectivity index (χ4v) is 2.80.